The molecule has 4 heteroatoms. The third-order valence-corrected chi connectivity index (χ3v) is 4.53. The van der Waals surface area contributed by atoms with Crippen molar-refractivity contribution in [2.75, 3.05) is 7.11 Å². The number of hydrogen-bond donors (Lipinski definition) is 0. The summed E-state index contributed by atoms with van der Waals surface area (Å²) in [4.78, 5) is 17.6. The molecule has 28 heavy (non-hydrogen) atoms. The van der Waals surface area contributed by atoms with Crippen LogP contribution in [0.15, 0.2) is 84.9 Å². The van der Waals surface area contributed by atoms with Crippen LogP contribution in [0.25, 0.3) is 22.2 Å². The van der Waals surface area contributed by atoms with Gasteiger partial charge in [-0.25, -0.2) is 9.78 Å². The van der Waals surface area contributed by atoms with E-state index in [1.165, 1.54) is 0 Å². The number of benzene rings is 3. The van der Waals surface area contributed by atoms with Gasteiger partial charge in [-0.3, -0.25) is 0 Å². The summed E-state index contributed by atoms with van der Waals surface area (Å²) in [5.74, 6) is 0.407. The van der Waals surface area contributed by atoms with Gasteiger partial charge in [0, 0.05) is 10.9 Å². The molecule has 0 N–H and O–H groups in total. The number of aromatic nitrogens is 1. The number of fused-ring (bicyclic) bond motifs is 1. The third kappa shape index (κ3) is 3.71. The Bertz CT molecular complexity index is 1110. The minimum absolute atomic E-state index is 0.230. The summed E-state index contributed by atoms with van der Waals surface area (Å²) in [6, 6.07) is 26.6. The molecule has 0 bridgehead atoms. The van der Waals surface area contributed by atoms with Gasteiger partial charge >= 0.3 is 5.97 Å². The summed E-state index contributed by atoms with van der Waals surface area (Å²) in [6.07, 6.45) is 0. The first-order valence-corrected chi connectivity index (χ1v) is 9.00. The van der Waals surface area contributed by atoms with E-state index >= 15 is 0 Å². The van der Waals surface area contributed by atoms with Crippen LogP contribution >= 0.6 is 0 Å². The number of hydrogen-bond acceptors (Lipinski definition) is 4. The lowest BCUT2D eigenvalue weighted by molar-refractivity contribution is 0.0475. The topological polar surface area (TPSA) is 48.4 Å². The predicted molar refractivity (Wildman–Crippen MR) is 109 cm³/mol. The van der Waals surface area contributed by atoms with Crippen molar-refractivity contribution in [3.8, 4) is 17.0 Å². The second-order valence-electron chi connectivity index (χ2n) is 6.36. The van der Waals surface area contributed by atoms with Crippen molar-refractivity contribution in [1.29, 1.82) is 0 Å². The molecule has 0 spiro atoms. The highest BCUT2D eigenvalue weighted by Crippen LogP contribution is 2.27. The van der Waals surface area contributed by atoms with Gasteiger partial charge in [-0.2, -0.15) is 0 Å². The summed E-state index contributed by atoms with van der Waals surface area (Å²) in [6.45, 7) is 0.230. The molecule has 1 aromatic heterocycles. The van der Waals surface area contributed by atoms with Crippen LogP contribution in [0.5, 0.6) is 5.75 Å². The molecule has 0 aliphatic rings. The molecule has 0 aliphatic carbocycles. The molecule has 0 unspecified atom stereocenters. The van der Waals surface area contributed by atoms with Crippen molar-refractivity contribution in [3.63, 3.8) is 0 Å². The van der Waals surface area contributed by atoms with E-state index in [1.807, 2.05) is 78.9 Å². The molecule has 138 valence electrons. The fourth-order valence-corrected chi connectivity index (χ4v) is 3.05. The van der Waals surface area contributed by atoms with Crippen LogP contribution in [0.1, 0.15) is 15.9 Å². The molecule has 3 aromatic carbocycles. The van der Waals surface area contributed by atoms with Gasteiger partial charge in [0.25, 0.3) is 0 Å². The molecule has 1 heterocycles. The van der Waals surface area contributed by atoms with Gasteiger partial charge < -0.3 is 9.47 Å². The van der Waals surface area contributed by atoms with Crippen LogP contribution in [-0.2, 0) is 11.3 Å². The van der Waals surface area contributed by atoms with Gasteiger partial charge in [0.05, 0.1) is 23.9 Å². The molecule has 4 aromatic rings. The summed E-state index contributed by atoms with van der Waals surface area (Å²) < 4.78 is 10.8. The second kappa shape index (κ2) is 7.92. The molecule has 4 nitrogen and oxygen atoms in total. The molecular weight excluding hydrogens is 350 g/mol. The highest BCUT2D eigenvalue weighted by atomic mass is 16.5. The van der Waals surface area contributed by atoms with E-state index in [2.05, 4.69) is 0 Å². The Kier molecular flexibility index (Phi) is 5.02. The largest absolute Gasteiger partial charge is 0.497 e. The first-order valence-electron chi connectivity index (χ1n) is 9.00. The zero-order valence-electron chi connectivity index (χ0n) is 15.5. The molecule has 0 amide bonds. The van der Waals surface area contributed by atoms with Crippen LogP contribution in [0.4, 0.5) is 0 Å². The second-order valence-corrected chi connectivity index (χ2v) is 6.36. The van der Waals surface area contributed by atoms with Crippen LogP contribution < -0.4 is 4.74 Å². The Balaban J connectivity index is 1.70. The lowest BCUT2D eigenvalue weighted by Gasteiger charge is -2.10. The van der Waals surface area contributed by atoms with E-state index < -0.39 is 0 Å². The highest BCUT2D eigenvalue weighted by Gasteiger charge is 2.15. The van der Waals surface area contributed by atoms with Gasteiger partial charge in [-0.05, 0) is 42.0 Å². The van der Waals surface area contributed by atoms with Crippen LogP contribution in [0.2, 0.25) is 0 Å². The fraction of sp³-hybridized carbons (Fsp3) is 0.0833. The Hall–Kier alpha value is -3.66. The quantitative estimate of drug-likeness (QED) is 0.450. The summed E-state index contributed by atoms with van der Waals surface area (Å²) in [5, 5.41) is 0.776. The molecule has 4 rings (SSSR count). The normalized spacial score (nSPS) is 10.6. The highest BCUT2D eigenvalue weighted by molar-refractivity contribution is 6.04. The molecular formula is C24H19NO3. The fourth-order valence-electron chi connectivity index (χ4n) is 3.05. The van der Waals surface area contributed by atoms with Crippen molar-refractivity contribution in [2.45, 2.75) is 6.61 Å². The molecule has 0 fully saturated rings. The maximum absolute atomic E-state index is 12.8. The number of carbonyl (C=O) groups is 1. The van der Waals surface area contributed by atoms with Gasteiger partial charge in [-0.1, -0.05) is 48.5 Å². The SMILES string of the molecule is COc1ccc(-c2cc(C(=O)OCc3ccccc3)c3ccccc3n2)cc1. The number of esters is 1. The maximum atomic E-state index is 12.8. The van der Waals surface area contributed by atoms with E-state index in [4.69, 9.17) is 14.5 Å². The van der Waals surface area contributed by atoms with E-state index in [0.717, 1.165) is 27.8 Å². The Morgan fingerprint density at radius 3 is 2.36 bits per heavy atom. The van der Waals surface area contributed by atoms with Crippen molar-refractivity contribution in [3.05, 3.63) is 96.1 Å². The summed E-state index contributed by atoms with van der Waals surface area (Å²) >= 11 is 0. The van der Waals surface area contributed by atoms with Gasteiger partial charge in [0.2, 0.25) is 0 Å². The van der Waals surface area contributed by atoms with Crippen molar-refractivity contribution in [1.82, 2.24) is 4.98 Å². The first kappa shape index (κ1) is 17.7. The minimum Gasteiger partial charge on any atom is -0.497 e. The Morgan fingerprint density at radius 2 is 1.61 bits per heavy atom. The van der Waals surface area contributed by atoms with Gasteiger partial charge in [-0.15, -0.1) is 0 Å². The van der Waals surface area contributed by atoms with E-state index in [9.17, 15) is 4.79 Å². The number of nitrogens with zero attached hydrogens (tertiary/aromatic N) is 1. The van der Waals surface area contributed by atoms with Crippen LogP contribution in [0.3, 0.4) is 0 Å². The standard InChI is InChI=1S/C24H19NO3/c1-27-19-13-11-18(12-14-19)23-15-21(20-9-5-6-10-22(20)25-23)24(26)28-16-17-7-3-2-4-8-17/h2-15H,16H2,1H3. The average molecular weight is 369 g/mol. The lowest BCUT2D eigenvalue weighted by atomic mass is 10.0. The van der Waals surface area contributed by atoms with E-state index in [-0.39, 0.29) is 12.6 Å². The van der Waals surface area contributed by atoms with E-state index in [1.54, 1.807) is 13.2 Å². The van der Waals surface area contributed by atoms with Gasteiger partial charge in [0.1, 0.15) is 12.4 Å². The molecule has 0 saturated carbocycles. The third-order valence-electron chi connectivity index (χ3n) is 4.53. The van der Waals surface area contributed by atoms with Crippen molar-refractivity contribution in [2.24, 2.45) is 0 Å². The zero-order chi connectivity index (χ0) is 19.3. The van der Waals surface area contributed by atoms with Crippen LogP contribution in [-0.4, -0.2) is 18.1 Å². The number of para-hydroxylation sites is 1. The lowest BCUT2D eigenvalue weighted by Crippen LogP contribution is -2.07. The maximum Gasteiger partial charge on any atom is 0.339 e. The molecule has 0 saturated heterocycles. The smallest absolute Gasteiger partial charge is 0.339 e. The number of carbonyl (C=O) groups excluding carboxylic acids is 1. The first-order chi connectivity index (χ1) is 13.7. The number of methoxy groups -OCH3 is 1. The Morgan fingerprint density at radius 1 is 0.893 bits per heavy atom. The summed E-state index contributed by atoms with van der Waals surface area (Å²) in [7, 11) is 1.63. The predicted octanol–water partition coefficient (Wildman–Crippen LogP) is 5.27. The molecule has 0 atom stereocenters. The number of ether oxygens (including phenoxy) is 2. The monoisotopic (exact) mass is 369 g/mol. The number of pyridine rings is 1. The van der Waals surface area contributed by atoms with Crippen molar-refractivity contribution < 1.29 is 14.3 Å². The Labute approximate surface area is 163 Å². The van der Waals surface area contributed by atoms with Crippen molar-refractivity contribution >= 4 is 16.9 Å². The summed E-state index contributed by atoms with van der Waals surface area (Å²) in [5.41, 5.74) is 3.83. The number of rotatable bonds is 5. The molecule has 0 aliphatic heterocycles. The van der Waals surface area contributed by atoms with E-state index in [0.29, 0.717) is 11.3 Å². The zero-order valence-corrected chi connectivity index (χ0v) is 15.5. The van der Waals surface area contributed by atoms with Gasteiger partial charge in [0.15, 0.2) is 0 Å². The van der Waals surface area contributed by atoms with Crippen LogP contribution in [0, 0.1) is 0 Å². The molecule has 0 radical (unpaired) electrons. The average Bonchev–Trinajstić information content (AvgIpc) is 2.77. The minimum atomic E-state index is -0.364.